The Morgan fingerprint density at radius 1 is 1.39 bits per heavy atom. The summed E-state index contributed by atoms with van der Waals surface area (Å²) in [6.45, 7) is 7.74. The third kappa shape index (κ3) is 2.32. The molecule has 1 aromatic rings. The molecular weight excluding hydrogens is 224 g/mol. The molecule has 3 nitrogen and oxygen atoms in total. The smallest absolute Gasteiger partial charge is 0.142 e. The molecule has 0 bridgehead atoms. The molecule has 1 fully saturated rings. The molecule has 1 aromatic carbocycles. The molecule has 1 atom stereocenters. The van der Waals surface area contributed by atoms with Crippen LogP contribution in [0.4, 0.5) is 5.69 Å². The van der Waals surface area contributed by atoms with E-state index in [0.717, 1.165) is 45.0 Å². The maximum absolute atomic E-state index is 5.82. The molecule has 2 aliphatic rings. The average molecular weight is 246 g/mol. The molecule has 98 valence electrons. The zero-order valence-corrected chi connectivity index (χ0v) is 11.1. The number of anilines is 1. The molecule has 0 aliphatic carbocycles. The second-order valence-electron chi connectivity index (χ2n) is 5.83. The van der Waals surface area contributed by atoms with Crippen molar-refractivity contribution in [3.05, 3.63) is 24.3 Å². The summed E-state index contributed by atoms with van der Waals surface area (Å²) in [5.74, 6) is 1.05. The van der Waals surface area contributed by atoms with Crippen LogP contribution in [0.25, 0.3) is 0 Å². The molecule has 0 aromatic heterocycles. The Morgan fingerprint density at radius 2 is 2.28 bits per heavy atom. The van der Waals surface area contributed by atoms with Gasteiger partial charge in [-0.25, -0.2) is 0 Å². The van der Waals surface area contributed by atoms with Gasteiger partial charge in [0.1, 0.15) is 5.75 Å². The number of para-hydroxylation sites is 2. The van der Waals surface area contributed by atoms with Gasteiger partial charge in [0.05, 0.1) is 12.3 Å². The van der Waals surface area contributed by atoms with Crippen LogP contribution in [-0.2, 0) is 0 Å². The summed E-state index contributed by atoms with van der Waals surface area (Å²) in [5, 5.41) is 3.48. The fourth-order valence-electron chi connectivity index (χ4n) is 3.03. The van der Waals surface area contributed by atoms with Crippen LogP contribution in [-0.4, -0.2) is 32.8 Å². The number of nitrogens with one attached hydrogen (secondary N) is 1. The maximum Gasteiger partial charge on any atom is 0.142 e. The highest BCUT2D eigenvalue weighted by atomic mass is 16.5. The monoisotopic (exact) mass is 246 g/mol. The van der Waals surface area contributed by atoms with Crippen LogP contribution in [0, 0.1) is 5.41 Å². The number of hydrogen-bond donors (Lipinski definition) is 1. The van der Waals surface area contributed by atoms with E-state index in [1.807, 2.05) is 0 Å². The minimum atomic E-state index is 0.400. The second-order valence-corrected chi connectivity index (χ2v) is 5.83. The summed E-state index contributed by atoms with van der Waals surface area (Å²) in [6.07, 6.45) is 2.38. The predicted molar refractivity (Wildman–Crippen MR) is 74.4 cm³/mol. The summed E-state index contributed by atoms with van der Waals surface area (Å²) >= 11 is 0. The Bertz CT molecular complexity index is 413. The molecule has 2 aliphatic heterocycles. The van der Waals surface area contributed by atoms with Crippen LogP contribution in [0.2, 0.25) is 0 Å². The van der Waals surface area contributed by atoms with Crippen molar-refractivity contribution in [3.63, 3.8) is 0 Å². The van der Waals surface area contributed by atoms with E-state index in [0.29, 0.717) is 5.41 Å². The van der Waals surface area contributed by atoms with E-state index < -0.39 is 0 Å². The SMILES string of the molecule is CC1(CN2CCCOc3ccccc32)CCNC1. The highest BCUT2D eigenvalue weighted by Gasteiger charge is 2.31. The zero-order valence-electron chi connectivity index (χ0n) is 11.1. The van der Waals surface area contributed by atoms with Crippen LogP contribution >= 0.6 is 0 Å². The first-order valence-electron chi connectivity index (χ1n) is 6.94. The zero-order chi connectivity index (χ0) is 12.4. The van der Waals surface area contributed by atoms with Crippen molar-refractivity contribution in [1.29, 1.82) is 0 Å². The van der Waals surface area contributed by atoms with Gasteiger partial charge in [0.15, 0.2) is 0 Å². The molecule has 0 spiro atoms. The Hall–Kier alpha value is -1.22. The maximum atomic E-state index is 5.82. The third-order valence-corrected chi connectivity index (χ3v) is 4.07. The van der Waals surface area contributed by atoms with Gasteiger partial charge in [0, 0.05) is 19.6 Å². The minimum Gasteiger partial charge on any atom is -0.491 e. The Kier molecular flexibility index (Phi) is 3.16. The number of rotatable bonds is 2. The molecule has 3 heteroatoms. The van der Waals surface area contributed by atoms with Gasteiger partial charge in [0.2, 0.25) is 0 Å². The highest BCUT2D eigenvalue weighted by Crippen LogP contribution is 2.34. The van der Waals surface area contributed by atoms with Crippen LogP contribution in [0.5, 0.6) is 5.75 Å². The first-order chi connectivity index (χ1) is 8.77. The van der Waals surface area contributed by atoms with Gasteiger partial charge in [-0.3, -0.25) is 0 Å². The fraction of sp³-hybridized carbons (Fsp3) is 0.600. The van der Waals surface area contributed by atoms with Crippen molar-refractivity contribution in [2.24, 2.45) is 5.41 Å². The lowest BCUT2D eigenvalue weighted by molar-refractivity contribution is 0.321. The van der Waals surface area contributed by atoms with E-state index in [1.54, 1.807) is 0 Å². The molecule has 18 heavy (non-hydrogen) atoms. The third-order valence-electron chi connectivity index (χ3n) is 4.07. The molecule has 0 amide bonds. The summed E-state index contributed by atoms with van der Waals surface area (Å²) in [4.78, 5) is 2.51. The second kappa shape index (κ2) is 4.81. The molecule has 0 radical (unpaired) electrons. The number of nitrogens with zero attached hydrogens (tertiary/aromatic N) is 1. The van der Waals surface area contributed by atoms with Gasteiger partial charge in [-0.15, -0.1) is 0 Å². The van der Waals surface area contributed by atoms with Crippen molar-refractivity contribution in [3.8, 4) is 5.75 Å². The van der Waals surface area contributed by atoms with E-state index in [1.165, 1.54) is 12.1 Å². The normalized spacial score (nSPS) is 27.5. The number of ether oxygens (including phenoxy) is 1. The first-order valence-corrected chi connectivity index (χ1v) is 6.94. The van der Waals surface area contributed by atoms with Gasteiger partial charge >= 0.3 is 0 Å². The standard InChI is InChI=1S/C15H22N2O/c1-15(7-8-16-11-15)12-17-9-4-10-18-14-6-3-2-5-13(14)17/h2-3,5-6,16H,4,7-12H2,1H3. The number of benzene rings is 1. The molecule has 2 heterocycles. The van der Waals surface area contributed by atoms with Crippen molar-refractivity contribution >= 4 is 5.69 Å². The van der Waals surface area contributed by atoms with Crippen molar-refractivity contribution in [2.75, 3.05) is 37.7 Å². The van der Waals surface area contributed by atoms with Crippen LogP contribution in [0.1, 0.15) is 19.8 Å². The summed E-state index contributed by atoms with van der Waals surface area (Å²) in [5.41, 5.74) is 1.67. The minimum absolute atomic E-state index is 0.400. The molecule has 1 saturated heterocycles. The van der Waals surface area contributed by atoms with E-state index >= 15 is 0 Å². The van der Waals surface area contributed by atoms with Gasteiger partial charge in [-0.2, -0.15) is 0 Å². The Labute approximate surface area is 109 Å². The van der Waals surface area contributed by atoms with Gasteiger partial charge in [-0.05, 0) is 36.9 Å². The molecule has 0 saturated carbocycles. The lowest BCUT2D eigenvalue weighted by Gasteiger charge is -2.33. The summed E-state index contributed by atoms with van der Waals surface area (Å²) in [6, 6.07) is 8.44. The van der Waals surface area contributed by atoms with Gasteiger partial charge in [-0.1, -0.05) is 19.1 Å². The predicted octanol–water partition coefficient (Wildman–Crippen LogP) is 2.28. The Morgan fingerprint density at radius 3 is 3.11 bits per heavy atom. The number of hydrogen-bond acceptors (Lipinski definition) is 3. The van der Waals surface area contributed by atoms with Gasteiger partial charge in [0.25, 0.3) is 0 Å². The topological polar surface area (TPSA) is 24.5 Å². The summed E-state index contributed by atoms with van der Waals surface area (Å²) < 4.78 is 5.82. The quantitative estimate of drug-likeness (QED) is 0.866. The molecule has 3 rings (SSSR count). The fourth-order valence-corrected chi connectivity index (χ4v) is 3.03. The van der Waals surface area contributed by atoms with Gasteiger partial charge < -0.3 is 15.0 Å². The van der Waals surface area contributed by atoms with E-state index in [-0.39, 0.29) is 0 Å². The van der Waals surface area contributed by atoms with Crippen molar-refractivity contribution in [2.45, 2.75) is 19.8 Å². The molecular formula is C15H22N2O. The number of fused-ring (bicyclic) bond motifs is 1. The summed E-state index contributed by atoms with van der Waals surface area (Å²) in [7, 11) is 0. The van der Waals surface area contributed by atoms with Crippen LogP contribution in [0.3, 0.4) is 0 Å². The van der Waals surface area contributed by atoms with Crippen molar-refractivity contribution in [1.82, 2.24) is 5.32 Å². The molecule has 1 N–H and O–H groups in total. The van der Waals surface area contributed by atoms with Crippen LogP contribution in [0.15, 0.2) is 24.3 Å². The van der Waals surface area contributed by atoms with Crippen molar-refractivity contribution < 1.29 is 4.74 Å². The Balaban J connectivity index is 1.83. The first kappa shape index (κ1) is 11.8. The lowest BCUT2D eigenvalue weighted by Crippen LogP contribution is -2.37. The van der Waals surface area contributed by atoms with E-state index in [2.05, 4.69) is 41.4 Å². The highest BCUT2D eigenvalue weighted by molar-refractivity contribution is 5.59. The molecule has 1 unspecified atom stereocenters. The van der Waals surface area contributed by atoms with Crippen LogP contribution < -0.4 is 15.0 Å². The van der Waals surface area contributed by atoms with E-state index in [4.69, 9.17) is 4.74 Å². The lowest BCUT2D eigenvalue weighted by atomic mass is 9.89. The van der Waals surface area contributed by atoms with E-state index in [9.17, 15) is 0 Å². The average Bonchev–Trinajstić information content (AvgIpc) is 2.70. The largest absolute Gasteiger partial charge is 0.491 e.